The fraction of sp³-hybridized carbons (Fsp3) is 0.938. The predicted molar refractivity (Wildman–Crippen MR) is 78.7 cm³/mol. The monoisotopic (exact) mass is 266 g/mol. The van der Waals surface area contributed by atoms with Crippen LogP contribution in [0.25, 0.3) is 0 Å². The van der Waals surface area contributed by atoms with Crippen LogP contribution in [0.1, 0.15) is 71.6 Å². The summed E-state index contributed by atoms with van der Waals surface area (Å²) in [6.45, 7) is 4.56. The van der Waals surface area contributed by atoms with Crippen LogP contribution in [-0.4, -0.2) is 18.0 Å². The topological polar surface area (TPSA) is 55.1 Å². The third-order valence-corrected chi connectivity index (χ3v) is 5.23. The van der Waals surface area contributed by atoms with Gasteiger partial charge in [-0.25, -0.2) is 0 Å². The van der Waals surface area contributed by atoms with Crippen molar-refractivity contribution in [2.75, 3.05) is 0 Å². The molecule has 0 aromatic heterocycles. The van der Waals surface area contributed by atoms with Crippen molar-refractivity contribution in [2.24, 2.45) is 17.1 Å². The van der Waals surface area contributed by atoms with Gasteiger partial charge in [-0.1, -0.05) is 46.0 Å². The maximum Gasteiger partial charge on any atom is 0.224 e. The average Bonchev–Trinajstić information content (AvgIpc) is 2.56. The van der Waals surface area contributed by atoms with Crippen molar-refractivity contribution in [3.05, 3.63) is 0 Å². The fourth-order valence-electron chi connectivity index (χ4n) is 3.70. The van der Waals surface area contributed by atoms with Gasteiger partial charge in [0.05, 0.1) is 5.92 Å². The third kappa shape index (κ3) is 3.71. The van der Waals surface area contributed by atoms with Crippen LogP contribution >= 0.6 is 0 Å². The molecule has 0 saturated heterocycles. The molecule has 19 heavy (non-hydrogen) atoms. The van der Waals surface area contributed by atoms with Crippen LogP contribution in [0, 0.1) is 11.3 Å². The van der Waals surface area contributed by atoms with Crippen LogP contribution in [0.5, 0.6) is 0 Å². The van der Waals surface area contributed by atoms with Gasteiger partial charge in [-0.2, -0.15) is 0 Å². The van der Waals surface area contributed by atoms with E-state index in [1.807, 2.05) is 0 Å². The highest BCUT2D eigenvalue weighted by Gasteiger charge is 2.35. The Balaban J connectivity index is 1.95. The highest BCUT2D eigenvalue weighted by molar-refractivity contribution is 5.79. The lowest BCUT2D eigenvalue weighted by atomic mass is 9.73. The van der Waals surface area contributed by atoms with E-state index in [9.17, 15) is 4.79 Å². The second-order valence-corrected chi connectivity index (χ2v) is 7.20. The molecule has 0 radical (unpaired) electrons. The molecular formula is C16H30N2O. The Kier molecular flexibility index (Phi) is 4.88. The minimum absolute atomic E-state index is 0.0419. The zero-order chi connectivity index (χ0) is 13.9. The van der Waals surface area contributed by atoms with Gasteiger partial charge in [0.15, 0.2) is 0 Å². The van der Waals surface area contributed by atoms with Crippen LogP contribution in [0.3, 0.4) is 0 Å². The van der Waals surface area contributed by atoms with Gasteiger partial charge in [0, 0.05) is 12.1 Å². The number of carbonyl (C=O) groups excluding carboxylic acids is 1. The second-order valence-electron chi connectivity index (χ2n) is 7.20. The molecule has 110 valence electrons. The van der Waals surface area contributed by atoms with E-state index in [1.54, 1.807) is 0 Å². The zero-order valence-corrected chi connectivity index (χ0v) is 12.6. The summed E-state index contributed by atoms with van der Waals surface area (Å²) < 4.78 is 0. The summed E-state index contributed by atoms with van der Waals surface area (Å²) in [4.78, 5) is 12.5. The van der Waals surface area contributed by atoms with Gasteiger partial charge in [0.2, 0.25) is 5.91 Å². The predicted octanol–water partition coefficient (Wildman–Crippen LogP) is 2.98. The van der Waals surface area contributed by atoms with Crippen LogP contribution in [0.4, 0.5) is 0 Å². The first-order valence-corrected chi connectivity index (χ1v) is 8.07. The lowest BCUT2D eigenvalue weighted by molar-refractivity contribution is -0.127. The molecule has 3 nitrogen and oxygen atoms in total. The number of hydrogen-bond acceptors (Lipinski definition) is 2. The van der Waals surface area contributed by atoms with Crippen molar-refractivity contribution in [1.82, 2.24) is 5.32 Å². The van der Waals surface area contributed by atoms with Crippen LogP contribution in [0.2, 0.25) is 0 Å². The van der Waals surface area contributed by atoms with Gasteiger partial charge in [-0.05, 0) is 31.1 Å². The van der Waals surface area contributed by atoms with E-state index in [2.05, 4.69) is 19.2 Å². The lowest BCUT2D eigenvalue weighted by Gasteiger charge is -2.40. The number of amides is 1. The molecule has 2 rings (SSSR count). The molecule has 2 fully saturated rings. The Bertz CT molecular complexity index is 314. The van der Waals surface area contributed by atoms with E-state index >= 15 is 0 Å². The number of carbonyl (C=O) groups is 1. The fourth-order valence-corrected chi connectivity index (χ4v) is 3.70. The Labute approximate surface area is 117 Å². The van der Waals surface area contributed by atoms with Gasteiger partial charge in [-0.15, -0.1) is 0 Å². The molecular weight excluding hydrogens is 236 g/mol. The summed E-state index contributed by atoms with van der Waals surface area (Å²) in [6, 6.07) is 0.401. The molecule has 3 N–H and O–H groups in total. The van der Waals surface area contributed by atoms with Crippen molar-refractivity contribution in [1.29, 1.82) is 0 Å². The standard InChI is InChI=1S/C16H30N2O/c1-16(2)11-7-6-10-14(16)18-15(19)12-8-4-3-5-9-13(12)17/h12-14H,3-11,17H2,1-2H3,(H,18,19). The summed E-state index contributed by atoms with van der Waals surface area (Å²) in [6.07, 6.45) is 10.4. The Hall–Kier alpha value is -0.570. The SMILES string of the molecule is CC1(C)CCCCC1NC(=O)C1CCCCCC1N. The van der Waals surface area contributed by atoms with Crippen LogP contribution in [0.15, 0.2) is 0 Å². The molecule has 2 aliphatic carbocycles. The van der Waals surface area contributed by atoms with Gasteiger partial charge in [0.25, 0.3) is 0 Å². The maximum absolute atomic E-state index is 12.5. The van der Waals surface area contributed by atoms with E-state index in [0.29, 0.717) is 6.04 Å². The zero-order valence-electron chi connectivity index (χ0n) is 12.6. The number of nitrogens with one attached hydrogen (secondary N) is 1. The third-order valence-electron chi connectivity index (χ3n) is 5.23. The molecule has 0 heterocycles. The first-order chi connectivity index (χ1) is 9.00. The van der Waals surface area contributed by atoms with E-state index in [-0.39, 0.29) is 23.3 Å². The van der Waals surface area contributed by atoms with Gasteiger partial charge >= 0.3 is 0 Å². The van der Waals surface area contributed by atoms with Gasteiger partial charge < -0.3 is 11.1 Å². The Morgan fingerprint density at radius 3 is 2.47 bits per heavy atom. The van der Waals surface area contributed by atoms with Crippen molar-refractivity contribution in [3.63, 3.8) is 0 Å². The summed E-state index contributed by atoms with van der Waals surface area (Å²) in [5.41, 5.74) is 6.43. The second kappa shape index (κ2) is 6.25. The number of rotatable bonds is 2. The molecule has 0 spiro atoms. The smallest absolute Gasteiger partial charge is 0.224 e. The van der Waals surface area contributed by atoms with E-state index in [1.165, 1.54) is 32.1 Å². The largest absolute Gasteiger partial charge is 0.353 e. The highest BCUT2D eigenvalue weighted by atomic mass is 16.2. The quantitative estimate of drug-likeness (QED) is 0.755. The van der Waals surface area contributed by atoms with Crippen LogP contribution in [-0.2, 0) is 4.79 Å². The molecule has 0 aromatic rings. The molecule has 3 heteroatoms. The summed E-state index contributed by atoms with van der Waals surface area (Å²) in [5, 5.41) is 3.32. The first kappa shape index (κ1) is 14.8. The Morgan fingerprint density at radius 2 is 1.74 bits per heavy atom. The molecule has 2 saturated carbocycles. The van der Waals surface area contributed by atoms with Crippen molar-refractivity contribution in [3.8, 4) is 0 Å². The van der Waals surface area contributed by atoms with E-state index < -0.39 is 0 Å². The minimum Gasteiger partial charge on any atom is -0.353 e. The molecule has 0 bridgehead atoms. The first-order valence-electron chi connectivity index (χ1n) is 8.07. The minimum atomic E-state index is 0.0419. The van der Waals surface area contributed by atoms with E-state index in [0.717, 1.165) is 25.7 Å². The van der Waals surface area contributed by atoms with Gasteiger partial charge in [-0.3, -0.25) is 4.79 Å². The molecule has 2 aliphatic rings. The van der Waals surface area contributed by atoms with Crippen LogP contribution < -0.4 is 11.1 Å². The summed E-state index contributed by atoms with van der Waals surface area (Å²) in [5.74, 6) is 0.259. The van der Waals surface area contributed by atoms with Crippen molar-refractivity contribution >= 4 is 5.91 Å². The molecule has 1 amide bonds. The van der Waals surface area contributed by atoms with Gasteiger partial charge in [0.1, 0.15) is 0 Å². The maximum atomic E-state index is 12.5. The molecule has 3 atom stereocenters. The lowest BCUT2D eigenvalue weighted by Crippen LogP contribution is -2.51. The average molecular weight is 266 g/mol. The highest BCUT2D eigenvalue weighted by Crippen LogP contribution is 2.35. The molecule has 0 aromatic carbocycles. The molecule has 0 aliphatic heterocycles. The summed E-state index contributed by atoms with van der Waals surface area (Å²) in [7, 11) is 0. The normalized spacial score (nSPS) is 35.4. The Morgan fingerprint density at radius 1 is 1.05 bits per heavy atom. The summed E-state index contributed by atoms with van der Waals surface area (Å²) >= 11 is 0. The molecule has 3 unspecified atom stereocenters. The van der Waals surface area contributed by atoms with Crippen molar-refractivity contribution < 1.29 is 4.79 Å². The number of hydrogen-bond donors (Lipinski definition) is 2. The number of nitrogens with two attached hydrogens (primary N) is 1. The van der Waals surface area contributed by atoms with E-state index in [4.69, 9.17) is 5.73 Å². The van der Waals surface area contributed by atoms with Crippen molar-refractivity contribution in [2.45, 2.75) is 83.7 Å².